The molecule has 6 nitrogen and oxygen atoms in total. The van der Waals surface area contributed by atoms with Gasteiger partial charge in [0.05, 0.1) is 11.9 Å². The Morgan fingerprint density at radius 2 is 2.00 bits per heavy atom. The van der Waals surface area contributed by atoms with E-state index in [0.717, 1.165) is 18.7 Å². The summed E-state index contributed by atoms with van der Waals surface area (Å²) in [5.74, 6) is -2.14. The number of aliphatic carboxylic acids is 1. The van der Waals surface area contributed by atoms with Crippen LogP contribution < -0.4 is 5.32 Å². The Morgan fingerprint density at radius 1 is 1.36 bits per heavy atom. The van der Waals surface area contributed by atoms with Crippen LogP contribution in [0.2, 0.25) is 0 Å². The molecule has 0 spiro atoms. The number of aromatic nitrogens is 3. The number of piperidine rings is 1. The van der Waals surface area contributed by atoms with Gasteiger partial charge in [-0.25, -0.2) is 9.78 Å². The number of carboxylic acid groups (broad SMARTS) is 1. The average molecular weight is 316 g/mol. The fraction of sp³-hybridized carbons (Fsp3) is 0.462. The van der Waals surface area contributed by atoms with Crippen LogP contribution in [-0.2, 0) is 4.79 Å². The topological polar surface area (TPSA) is 79.5 Å². The van der Waals surface area contributed by atoms with Crippen LogP contribution in [0, 0.1) is 0 Å². The lowest BCUT2D eigenvalue weighted by molar-refractivity contribution is -0.192. The third-order valence-corrected chi connectivity index (χ3v) is 3.28. The molecule has 1 saturated heterocycles. The van der Waals surface area contributed by atoms with Crippen molar-refractivity contribution in [1.82, 2.24) is 19.7 Å². The summed E-state index contributed by atoms with van der Waals surface area (Å²) in [6.45, 7) is 2.22. The number of alkyl halides is 3. The first kappa shape index (κ1) is 16.2. The molecule has 120 valence electrons. The first-order chi connectivity index (χ1) is 10.4. The fourth-order valence-electron chi connectivity index (χ4n) is 2.18. The highest BCUT2D eigenvalue weighted by Gasteiger charge is 2.38. The maximum Gasteiger partial charge on any atom is 0.490 e. The number of carbonyl (C=O) groups is 1. The molecule has 22 heavy (non-hydrogen) atoms. The van der Waals surface area contributed by atoms with E-state index in [1.54, 1.807) is 6.20 Å². The van der Waals surface area contributed by atoms with Gasteiger partial charge in [0.1, 0.15) is 0 Å². The van der Waals surface area contributed by atoms with Crippen molar-refractivity contribution in [2.24, 2.45) is 0 Å². The van der Waals surface area contributed by atoms with E-state index in [2.05, 4.69) is 21.5 Å². The summed E-state index contributed by atoms with van der Waals surface area (Å²) in [6.07, 6.45) is 4.99. The molecular formula is C13H15F3N4O2. The maximum absolute atomic E-state index is 10.6. The van der Waals surface area contributed by atoms with Gasteiger partial charge in [-0.2, -0.15) is 13.2 Å². The van der Waals surface area contributed by atoms with E-state index < -0.39 is 12.1 Å². The second-order valence-corrected chi connectivity index (χ2v) is 4.83. The van der Waals surface area contributed by atoms with Gasteiger partial charge < -0.3 is 14.8 Å². The summed E-state index contributed by atoms with van der Waals surface area (Å²) in [6, 6.07) is 0. The normalized spacial score (nSPS) is 16.1. The number of rotatable bonds is 1. The predicted molar refractivity (Wildman–Crippen MR) is 71.5 cm³/mol. The summed E-state index contributed by atoms with van der Waals surface area (Å²) in [7, 11) is 0. The van der Waals surface area contributed by atoms with Crippen molar-refractivity contribution in [3.63, 3.8) is 0 Å². The zero-order chi connectivity index (χ0) is 16.2. The zero-order valence-corrected chi connectivity index (χ0v) is 11.5. The number of halogens is 3. The van der Waals surface area contributed by atoms with Crippen LogP contribution in [0.4, 0.5) is 13.2 Å². The minimum absolute atomic E-state index is 0.617. The number of nitrogens with one attached hydrogen (secondary N) is 1. The van der Waals surface area contributed by atoms with Crippen molar-refractivity contribution >= 4 is 11.6 Å². The minimum atomic E-state index is -5.08. The highest BCUT2D eigenvalue weighted by molar-refractivity contribution is 5.73. The molecule has 0 bridgehead atoms. The Bertz CT molecular complexity index is 602. The number of hydrogen-bond acceptors (Lipinski definition) is 4. The first-order valence-corrected chi connectivity index (χ1v) is 6.67. The Hall–Kier alpha value is -2.16. The summed E-state index contributed by atoms with van der Waals surface area (Å²) in [5, 5.41) is 10.5. The van der Waals surface area contributed by atoms with Crippen molar-refractivity contribution in [1.29, 1.82) is 0 Å². The van der Waals surface area contributed by atoms with Crippen LogP contribution in [0.25, 0.3) is 5.65 Å². The largest absolute Gasteiger partial charge is 0.490 e. The van der Waals surface area contributed by atoms with E-state index in [9.17, 15) is 13.2 Å². The highest BCUT2D eigenvalue weighted by Crippen LogP contribution is 2.24. The summed E-state index contributed by atoms with van der Waals surface area (Å²) >= 11 is 0. The van der Waals surface area contributed by atoms with Gasteiger partial charge in [0, 0.05) is 24.5 Å². The molecule has 0 saturated carbocycles. The number of carboxylic acids is 1. The molecule has 2 N–H and O–H groups in total. The van der Waals surface area contributed by atoms with E-state index in [0.29, 0.717) is 5.92 Å². The lowest BCUT2D eigenvalue weighted by atomic mass is 9.95. The van der Waals surface area contributed by atoms with E-state index in [4.69, 9.17) is 9.90 Å². The molecule has 1 fully saturated rings. The molecule has 1 aliphatic heterocycles. The number of imidazole rings is 1. The Morgan fingerprint density at radius 3 is 2.55 bits per heavy atom. The molecule has 0 unspecified atom stereocenters. The van der Waals surface area contributed by atoms with Crippen LogP contribution in [0.1, 0.15) is 24.5 Å². The van der Waals surface area contributed by atoms with Crippen molar-refractivity contribution in [2.75, 3.05) is 13.1 Å². The fourth-order valence-corrected chi connectivity index (χ4v) is 2.18. The SMILES string of the molecule is O=C(O)C(F)(F)F.c1cn2cc(C3CCNCC3)nc2cn1. The second-order valence-electron chi connectivity index (χ2n) is 4.83. The first-order valence-electron chi connectivity index (χ1n) is 6.67. The third-order valence-electron chi connectivity index (χ3n) is 3.28. The van der Waals surface area contributed by atoms with E-state index in [-0.39, 0.29) is 0 Å². The highest BCUT2D eigenvalue weighted by atomic mass is 19.4. The Kier molecular flexibility index (Phi) is 4.96. The van der Waals surface area contributed by atoms with E-state index in [1.807, 2.05) is 16.8 Å². The molecular weight excluding hydrogens is 301 g/mol. The van der Waals surface area contributed by atoms with Gasteiger partial charge in [0.25, 0.3) is 0 Å². The summed E-state index contributed by atoms with van der Waals surface area (Å²) in [5.41, 5.74) is 2.16. The molecule has 1 aliphatic rings. The average Bonchev–Trinajstić information content (AvgIpc) is 2.92. The Balaban J connectivity index is 0.000000217. The standard InChI is InChI=1S/C11H14N4.C2HF3O2/c1-3-12-4-2-9(1)10-8-15-6-5-13-7-11(15)14-10;3-2(4,5)1(6)7/h5-9,12H,1-4H2;(H,6,7). The molecule has 2 aromatic heterocycles. The predicted octanol–water partition coefficient (Wildman–Crippen LogP) is 1.83. The van der Waals surface area contributed by atoms with E-state index in [1.165, 1.54) is 18.5 Å². The van der Waals surface area contributed by atoms with Gasteiger partial charge in [0.15, 0.2) is 5.65 Å². The second kappa shape index (κ2) is 6.73. The summed E-state index contributed by atoms with van der Waals surface area (Å²) < 4.78 is 33.8. The van der Waals surface area contributed by atoms with Crippen molar-refractivity contribution in [3.05, 3.63) is 30.5 Å². The zero-order valence-electron chi connectivity index (χ0n) is 11.5. The lowest BCUT2D eigenvalue weighted by Crippen LogP contribution is -2.26. The molecule has 3 heterocycles. The van der Waals surface area contributed by atoms with Gasteiger partial charge in [-0.15, -0.1) is 0 Å². The smallest absolute Gasteiger partial charge is 0.475 e. The van der Waals surface area contributed by atoms with Crippen molar-refractivity contribution in [2.45, 2.75) is 24.9 Å². The van der Waals surface area contributed by atoms with Gasteiger partial charge in [-0.05, 0) is 25.9 Å². The monoisotopic (exact) mass is 316 g/mol. The molecule has 0 radical (unpaired) electrons. The van der Waals surface area contributed by atoms with Gasteiger partial charge in [0.2, 0.25) is 0 Å². The number of nitrogens with zero attached hydrogens (tertiary/aromatic N) is 3. The molecule has 0 aromatic carbocycles. The quantitative estimate of drug-likeness (QED) is 0.839. The maximum atomic E-state index is 10.6. The number of hydrogen-bond donors (Lipinski definition) is 2. The summed E-state index contributed by atoms with van der Waals surface area (Å²) in [4.78, 5) is 17.6. The van der Waals surface area contributed by atoms with Crippen LogP contribution in [0.15, 0.2) is 24.8 Å². The van der Waals surface area contributed by atoms with Crippen molar-refractivity contribution in [3.8, 4) is 0 Å². The van der Waals surface area contributed by atoms with Gasteiger partial charge in [-0.1, -0.05) is 0 Å². The molecule has 9 heteroatoms. The molecule has 3 rings (SSSR count). The van der Waals surface area contributed by atoms with Crippen LogP contribution in [0.3, 0.4) is 0 Å². The number of fused-ring (bicyclic) bond motifs is 1. The van der Waals surface area contributed by atoms with Crippen LogP contribution in [0.5, 0.6) is 0 Å². The van der Waals surface area contributed by atoms with Gasteiger partial charge >= 0.3 is 12.1 Å². The molecule has 0 aliphatic carbocycles. The van der Waals surface area contributed by atoms with Crippen LogP contribution >= 0.6 is 0 Å². The molecule has 0 atom stereocenters. The lowest BCUT2D eigenvalue weighted by Gasteiger charge is -2.20. The molecule has 0 amide bonds. The minimum Gasteiger partial charge on any atom is -0.475 e. The van der Waals surface area contributed by atoms with Gasteiger partial charge in [-0.3, -0.25) is 4.98 Å². The van der Waals surface area contributed by atoms with E-state index >= 15 is 0 Å². The Labute approximate surface area is 124 Å². The van der Waals surface area contributed by atoms with Crippen molar-refractivity contribution < 1.29 is 23.1 Å². The van der Waals surface area contributed by atoms with Crippen LogP contribution in [-0.4, -0.2) is 44.7 Å². The third kappa shape index (κ3) is 4.17. The molecule has 2 aromatic rings.